The average molecular weight is 334 g/mol. The molecular formula is C17H12F2O3S. The molecule has 0 amide bonds. The van der Waals surface area contributed by atoms with Gasteiger partial charge in [0.1, 0.15) is 12.4 Å². The van der Waals surface area contributed by atoms with Gasteiger partial charge in [0.15, 0.2) is 0 Å². The van der Waals surface area contributed by atoms with Crippen LogP contribution in [0.15, 0.2) is 48.5 Å². The van der Waals surface area contributed by atoms with Crippen molar-refractivity contribution in [2.24, 2.45) is 0 Å². The maximum Gasteiger partial charge on any atom is 0.337 e. The Labute approximate surface area is 134 Å². The minimum Gasteiger partial charge on any atom is -0.488 e. The predicted octanol–water partition coefficient (Wildman–Crippen LogP) is 5.12. The maximum atomic E-state index is 13.1. The number of benzene rings is 2. The van der Waals surface area contributed by atoms with Crippen molar-refractivity contribution in [2.45, 2.75) is 13.0 Å². The molecule has 2 aromatic carbocycles. The first-order valence-electron chi connectivity index (χ1n) is 6.81. The molecule has 0 radical (unpaired) electrons. The number of carboxylic acids is 1. The van der Waals surface area contributed by atoms with Crippen molar-refractivity contribution >= 4 is 27.4 Å². The molecule has 118 valence electrons. The van der Waals surface area contributed by atoms with Gasteiger partial charge in [0, 0.05) is 10.1 Å². The third-order valence-electron chi connectivity index (χ3n) is 3.35. The van der Waals surface area contributed by atoms with Gasteiger partial charge in [-0.25, -0.2) is 13.6 Å². The number of hydrogen-bond acceptors (Lipinski definition) is 3. The monoisotopic (exact) mass is 334 g/mol. The van der Waals surface area contributed by atoms with Crippen LogP contribution in [0.4, 0.5) is 8.78 Å². The molecule has 3 nitrogen and oxygen atoms in total. The zero-order valence-corrected chi connectivity index (χ0v) is 12.6. The Bertz CT molecular complexity index is 844. The molecule has 0 aliphatic carbocycles. The van der Waals surface area contributed by atoms with Crippen LogP contribution in [0.25, 0.3) is 10.1 Å². The molecule has 6 heteroatoms. The van der Waals surface area contributed by atoms with Crippen LogP contribution in [0.5, 0.6) is 5.75 Å². The number of rotatable bonds is 5. The molecule has 0 aliphatic rings. The van der Waals surface area contributed by atoms with E-state index in [-0.39, 0.29) is 17.6 Å². The van der Waals surface area contributed by atoms with Crippen molar-refractivity contribution in [1.29, 1.82) is 0 Å². The number of hydrogen-bond donors (Lipinski definition) is 1. The molecule has 1 heterocycles. The van der Waals surface area contributed by atoms with Crippen LogP contribution < -0.4 is 4.74 Å². The lowest BCUT2D eigenvalue weighted by atomic mass is 10.1. The highest BCUT2D eigenvalue weighted by molar-refractivity contribution is 7.19. The smallest absolute Gasteiger partial charge is 0.337 e. The summed E-state index contributed by atoms with van der Waals surface area (Å²) < 4.78 is 32.4. The zero-order valence-electron chi connectivity index (χ0n) is 11.8. The SMILES string of the molecule is O=C(O)c1c(C(F)F)sc2cccc(OCc3ccccc3)c12. The Morgan fingerprint density at radius 2 is 1.87 bits per heavy atom. The molecule has 3 rings (SSSR count). The summed E-state index contributed by atoms with van der Waals surface area (Å²) in [4.78, 5) is 11.0. The van der Waals surface area contributed by atoms with Crippen LogP contribution in [0.2, 0.25) is 0 Å². The normalized spacial score (nSPS) is 11.1. The van der Waals surface area contributed by atoms with Crippen LogP contribution >= 0.6 is 11.3 Å². The summed E-state index contributed by atoms with van der Waals surface area (Å²) in [5.74, 6) is -1.07. The average Bonchev–Trinajstić information content (AvgIpc) is 2.94. The molecule has 0 spiro atoms. The molecule has 0 saturated carbocycles. The molecule has 1 aromatic heterocycles. The first-order chi connectivity index (χ1) is 11.1. The topological polar surface area (TPSA) is 46.5 Å². The molecule has 0 atom stereocenters. The molecule has 0 saturated heterocycles. The quantitative estimate of drug-likeness (QED) is 0.705. The molecule has 0 aliphatic heterocycles. The molecule has 0 bridgehead atoms. The standard InChI is InChI=1S/C17H12F2O3S/c18-16(19)15-14(17(20)21)13-11(7-4-8-12(13)23-15)22-9-10-5-2-1-3-6-10/h1-8,16H,9H2,(H,20,21). The van der Waals surface area contributed by atoms with Gasteiger partial charge in [-0.2, -0.15) is 0 Å². The highest BCUT2D eigenvalue weighted by atomic mass is 32.1. The lowest BCUT2D eigenvalue weighted by Gasteiger charge is -2.08. The van der Waals surface area contributed by atoms with Gasteiger partial charge in [0.05, 0.1) is 10.4 Å². The lowest BCUT2D eigenvalue weighted by molar-refractivity contribution is 0.0689. The number of aromatic carboxylic acids is 1. The minimum atomic E-state index is -2.83. The summed E-state index contributed by atoms with van der Waals surface area (Å²) in [5, 5.41) is 9.56. The van der Waals surface area contributed by atoms with E-state index in [1.54, 1.807) is 18.2 Å². The Kier molecular flexibility index (Phi) is 4.25. The summed E-state index contributed by atoms with van der Waals surface area (Å²) in [7, 11) is 0. The van der Waals surface area contributed by atoms with E-state index >= 15 is 0 Å². The second kappa shape index (κ2) is 6.34. The van der Waals surface area contributed by atoms with Crippen LogP contribution in [-0.4, -0.2) is 11.1 Å². The fraction of sp³-hybridized carbons (Fsp3) is 0.118. The van der Waals surface area contributed by atoms with E-state index in [9.17, 15) is 18.7 Å². The van der Waals surface area contributed by atoms with Crippen LogP contribution in [0.1, 0.15) is 27.2 Å². The Morgan fingerprint density at radius 3 is 2.52 bits per heavy atom. The van der Waals surface area contributed by atoms with Crippen molar-refractivity contribution in [3.05, 3.63) is 64.5 Å². The fourth-order valence-corrected chi connectivity index (χ4v) is 3.43. The number of fused-ring (bicyclic) bond motifs is 1. The molecular weight excluding hydrogens is 322 g/mol. The van der Waals surface area contributed by atoms with E-state index in [0.717, 1.165) is 16.9 Å². The van der Waals surface area contributed by atoms with E-state index in [0.29, 0.717) is 10.4 Å². The summed E-state index contributed by atoms with van der Waals surface area (Å²) in [6.45, 7) is 0.235. The fourth-order valence-electron chi connectivity index (χ4n) is 2.36. The molecule has 0 unspecified atom stereocenters. The third-order valence-corrected chi connectivity index (χ3v) is 4.52. The van der Waals surface area contributed by atoms with Crippen LogP contribution in [0.3, 0.4) is 0 Å². The second-order valence-corrected chi connectivity index (χ2v) is 5.93. The Balaban J connectivity index is 2.05. The molecule has 0 fully saturated rings. The number of carboxylic acid groups (broad SMARTS) is 1. The Hall–Kier alpha value is -2.47. The lowest BCUT2D eigenvalue weighted by Crippen LogP contribution is -2.01. The van der Waals surface area contributed by atoms with Gasteiger partial charge in [0.2, 0.25) is 0 Å². The predicted molar refractivity (Wildman–Crippen MR) is 84.5 cm³/mol. The van der Waals surface area contributed by atoms with E-state index in [1.807, 2.05) is 30.3 Å². The Morgan fingerprint density at radius 1 is 1.13 bits per heavy atom. The third kappa shape index (κ3) is 3.03. The van der Waals surface area contributed by atoms with Crippen LogP contribution in [0, 0.1) is 0 Å². The summed E-state index contributed by atoms with van der Waals surface area (Å²) in [6.07, 6.45) is -2.83. The van der Waals surface area contributed by atoms with Gasteiger partial charge in [-0.05, 0) is 17.7 Å². The molecule has 1 N–H and O–H groups in total. The maximum absolute atomic E-state index is 13.1. The second-order valence-electron chi connectivity index (χ2n) is 4.85. The van der Waals surface area contributed by atoms with Gasteiger partial charge in [0.25, 0.3) is 6.43 Å². The van der Waals surface area contributed by atoms with Gasteiger partial charge in [-0.3, -0.25) is 0 Å². The zero-order chi connectivity index (χ0) is 16.4. The van der Waals surface area contributed by atoms with E-state index < -0.39 is 17.3 Å². The summed E-state index contributed by atoms with van der Waals surface area (Å²) in [5.41, 5.74) is 0.536. The van der Waals surface area contributed by atoms with E-state index in [4.69, 9.17) is 4.74 Å². The minimum absolute atomic E-state index is 0.233. The highest BCUT2D eigenvalue weighted by Crippen LogP contribution is 2.41. The number of halogens is 2. The summed E-state index contributed by atoms with van der Waals surface area (Å²) in [6, 6.07) is 14.2. The van der Waals surface area contributed by atoms with Gasteiger partial charge < -0.3 is 9.84 Å². The van der Waals surface area contributed by atoms with Crippen molar-refractivity contribution in [2.75, 3.05) is 0 Å². The van der Waals surface area contributed by atoms with E-state index in [1.165, 1.54) is 0 Å². The number of thiophene rings is 1. The van der Waals surface area contributed by atoms with Gasteiger partial charge in [-0.1, -0.05) is 36.4 Å². The number of carbonyl (C=O) groups is 1. The number of ether oxygens (including phenoxy) is 1. The van der Waals surface area contributed by atoms with Gasteiger partial charge >= 0.3 is 5.97 Å². The molecule has 3 aromatic rings. The van der Waals surface area contributed by atoms with Crippen LogP contribution in [-0.2, 0) is 6.61 Å². The van der Waals surface area contributed by atoms with Crippen molar-refractivity contribution < 1.29 is 23.4 Å². The van der Waals surface area contributed by atoms with Crippen molar-refractivity contribution in [3.63, 3.8) is 0 Å². The van der Waals surface area contributed by atoms with Gasteiger partial charge in [-0.15, -0.1) is 11.3 Å². The molecule has 23 heavy (non-hydrogen) atoms. The van der Waals surface area contributed by atoms with E-state index in [2.05, 4.69) is 0 Å². The first-order valence-corrected chi connectivity index (χ1v) is 7.63. The van der Waals surface area contributed by atoms with Crippen molar-refractivity contribution in [1.82, 2.24) is 0 Å². The largest absolute Gasteiger partial charge is 0.488 e. The van der Waals surface area contributed by atoms with Crippen molar-refractivity contribution in [3.8, 4) is 5.75 Å². The first kappa shape index (κ1) is 15.4. The number of alkyl halides is 2. The highest BCUT2D eigenvalue weighted by Gasteiger charge is 2.26. The summed E-state index contributed by atoms with van der Waals surface area (Å²) >= 11 is 0.785.